The van der Waals surface area contributed by atoms with Crippen LogP contribution in [0.4, 0.5) is 0 Å². The van der Waals surface area contributed by atoms with E-state index >= 15 is 0 Å². The summed E-state index contributed by atoms with van der Waals surface area (Å²) < 4.78 is 5.92. The third-order valence-corrected chi connectivity index (χ3v) is 3.77. The molecule has 2 aromatic carbocycles. The number of ether oxygens (including phenoxy) is 1. The van der Waals surface area contributed by atoms with Crippen molar-refractivity contribution in [1.29, 1.82) is 0 Å². The van der Waals surface area contributed by atoms with Crippen LogP contribution in [0.15, 0.2) is 42.5 Å². The van der Waals surface area contributed by atoms with E-state index in [0.29, 0.717) is 22.2 Å². The second-order valence-corrected chi connectivity index (χ2v) is 5.46. The summed E-state index contributed by atoms with van der Waals surface area (Å²) in [7, 11) is 0. The van der Waals surface area contributed by atoms with Crippen LogP contribution in [0.25, 0.3) is 0 Å². The fourth-order valence-electron chi connectivity index (χ4n) is 2.30. The second-order valence-electron chi connectivity index (χ2n) is 4.59. The van der Waals surface area contributed by atoms with Crippen LogP contribution in [0.1, 0.15) is 29.8 Å². The predicted octanol–water partition coefficient (Wildman–Crippen LogP) is 4.55. The Kier molecular flexibility index (Phi) is 3.40. The molecule has 2 aromatic rings. The van der Waals surface area contributed by atoms with E-state index in [9.17, 15) is 5.11 Å². The molecule has 98 valence electrons. The molecule has 0 amide bonds. The molecule has 1 heterocycles. The molecule has 19 heavy (non-hydrogen) atoms. The van der Waals surface area contributed by atoms with Gasteiger partial charge in [-0.25, -0.2) is 0 Å². The Bertz CT molecular complexity index is 596. The number of rotatable bonds is 1. The monoisotopic (exact) mass is 294 g/mol. The van der Waals surface area contributed by atoms with Gasteiger partial charge < -0.3 is 9.84 Å². The molecule has 0 unspecified atom stereocenters. The van der Waals surface area contributed by atoms with E-state index in [-0.39, 0.29) is 6.10 Å². The summed E-state index contributed by atoms with van der Waals surface area (Å²) in [5, 5.41) is 11.5. The Morgan fingerprint density at radius 1 is 1.00 bits per heavy atom. The number of fused-ring (bicyclic) bond motifs is 1. The largest absolute Gasteiger partial charge is 0.485 e. The lowest BCUT2D eigenvalue weighted by molar-refractivity contribution is 0.0657. The van der Waals surface area contributed by atoms with Gasteiger partial charge in [0.15, 0.2) is 0 Å². The van der Waals surface area contributed by atoms with Crippen LogP contribution < -0.4 is 4.74 Å². The zero-order valence-electron chi connectivity index (χ0n) is 10.0. The van der Waals surface area contributed by atoms with Gasteiger partial charge in [-0.15, -0.1) is 0 Å². The van der Waals surface area contributed by atoms with Crippen molar-refractivity contribution in [2.24, 2.45) is 0 Å². The van der Waals surface area contributed by atoms with E-state index in [2.05, 4.69) is 0 Å². The Morgan fingerprint density at radius 2 is 1.68 bits per heavy atom. The average Bonchev–Trinajstić information content (AvgIpc) is 2.40. The number of hydrogen-bond donors (Lipinski definition) is 1. The molecule has 0 aromatic heterocycles. The topological polar surface area (TPSA) is 29.5 Å². The molecule has 1 aliphatic heterocycles. The molecule has 0 saturated carbocycles. The minimum atomic E-state index is -0.567. The second kappa shape index (κ2) is 5.04. The van der Waals surface area contributed by atoms with E-state index in [1.165, 1.54) is 0 Å². The lowest BCUT2D eigenvalue weighted by Crippen LogP contribution is -2.18. The minimum absolute atomic E-state index is 0.166. The molecule has 0 spiro atoms. The summed E-state index contributed by atoms with van der Waals surface area (Å²) in [5.74, 6) is 0.683. The lowest BCUT2D eigenvalue weighted by Gasteiger charge is -2.30. The van der Waals surface area contributed by atoms with E-state index in [4.69, 9.17) is 27.9 Å². The number of benzene rings is 2. The van der Waals surface area contributed by atoms with Crippen LogP contribution in [0.5, 0.6) is 5.75 Å². The molecular weight excluding hydrogens is 283 g/mol. The normalized spacial score (nSPS) is 21.6. The van der Waals surface area contributed by atoms with E-state index in [0.717, 1.165) is 11.1 Å². The molecule has 2 nitrogen and oxygen atoms in total. The van der Waals surface area contributed by atoms with Gasteiger partial charge in [0.2, 0.25) is 0 Å². The van der Waals surface area contributed by atoms with E-state index in [1.54, 1.807) is 18.2 Å². The Morgan fingerprint density at radius 3 is 2.42 bits per heavy atom. The first kappa shape index (κ1) is 12.8. The summed E-state index contributed by atoms with van der Waals surface area (Å²) in [4.78, 5) is 0. The van der Waals surface area contributed by atoms with Gasteiger partial charge in [0, 0.05) is 22.0 Å². The van der Waals surface area contributed by atoms with Crippen molar-refractivity contribution < 1.29 is 9.84 Å². The Labute approximate surface area is 121 Å². The molecule has 0 fully saturated rings. The molecule has 4 heteroatoms. The number of hydrogen-bond acceptors (Lipinski definition) is 2. The van der Waals surface area contributed by atoms with Crippen LogP contribution in [-0.4, -0.2) is 5.11 Å². The van der Waals surface area contributed by atoms with Gasteiger partial charge in [-0.3, -0.25) is 0 Å². The first-order valence-electron chi connectivity index (χ1n) is 6.03. The molecule has 0 saturated heterocycles. The van der Waals surface area contributed by atoms with Gasteiger partial charge in [0.25, 0.3) is 0 Å². The third kappa shape index (κ3) is 2.57. The number of halogens is 2. The fraction of sp³-hybridized carbons (Fsp3) is 0.200. The molecule has 0 aliphatic carbocycles. The number of aliphatic hydroxyl groups excluding tert-OH is 1. The standard InChI is InChI=1S/C15H12Cl2O2/c16-10-3-1-9(2-4-10)15-8-13(18)12-7-11(17)5-6-14(12)19-15/h1-7,13,15,18H,8H2/t13-,15+/m1/s1. The molecule has 1 aliphatic rings. The maximum atomic E-state index is 10.2. The SMILES string of the molecule is O[C@@H]1C[C@@H](c2ccc(Cl)cc2)Oc2ccc(Cl)cc21. The van der Waals surface area contributed by atoms with Crippen molar-refractivity contribution in [2.45, 2.75) is 18.6 Å². The van der Waals surface area contributed by atoms with Gasteiger partial charge >= 0.3 is 0 Å². The first-order chi connectivity index (χ1) is 9.13. The molecule has 0 bridgehead atoms. The molecule has 2 atom stereocenters. The van der Waals surface area contributed by atoms with Gasteiger partial charge in [-0.2, -0.15) is 0 Å². The zero-order chi connectivity index (χ0) is 13.4. The van der Waals surface area contributed by atoms with Crippen molar-refractivity contribution >= 4 is 23.2 Å². The minimum Gasteiger partial charge on any atom is -0.485 e. The van der Waals surface area contributed by atoms with Crippen molar-refractivity contribution in [3.63, 3.8) is 0 Å². The zero-order valence-corrected chi connectivity index (χ0v) is 11.5. The number of aliphatic hydroxyl groups is 1. The van der Waals surface area contributed by atoms with Crippen LogP contribution in [0.3, 0.4) is 0 Å². The Balaban J connectivity index is 1.92. The summed E-state index contributed by atoms with van der Waals surface area (Å²) in [6, 6.07) is 12.8. The van der Waals surface area contributed by atoms with Crippen LogP contribution in [0.2, 0.25) is 10.0 Å². The van der Waals surface area contributed by atoms with Crippen LogP contribution >= 0.6 is 23.2 Å². The van der Waals surface area contributed by atoms with Gasteiger partial charge in [0.1, 0.15) is 11.9 Å². The fourth-order valence-corrected chi connectivity index (χ4v) is 2.61. The maximum Gasteiger partial charge on any atom is 0.127 e. The third-order valence-electron chi connectivity index (χ3n) is 3.28. The van der Waals surface area contributed by atoms with Gasteiger partial charge in [0.05, 0.1) is 6.10 Å². The summed E-state index contributed by atoms with van der Waals surface area (Å²) in [6.07, 6.45) is -0.223. The van der Waals surface area contributed by atoms with Crippen molar-refractivity contribution in [3.8, 4) is 5.75 Å². The summed E-state index contributed by atoms with van der Waals surface area (Å²) in [5.41, 5.74) is 1.75. The molecule has 3 rings (SSSR count). The van der Waals surface area contributed by atoms with E-state index in [1.807, 2.05) is 24.3 Å². The highest BCUT2D eigenvalue weighted by Gasteiger charge is 2.28. The highest BCUT2D eigenvalue weighted by atomic mass is 35.5. The van der Waals surface area contributed by atoms with Crippen molar-refractivity contribution in [2.75, 3.05) is 0 Å². The predicted molar refractivity (Wildman–Crippen MR) is 75.8 cm³/mol. The first-order valence-corrected chi connectivity index (χ1v) is 6.79. The highest BCUT2D eigenvalue weighted by Crippen LogP contribution is 2.41. The molecule has 0 radical (unpaired) electrons. The van der Waals surface area contributed by atoms with E-state index < -0.39 is 6.10 Å². The highest BCUT2D eigenvalue weighted by molar-refractivity contribution is 6.30. The molecule has 1 N–H and O–H groups in total. The molecular formula is C15H12Cl2O2. The van der Waals surface area contributed by atoms with Gasteiger partial charge in [-0.05, 0) is 35.9 Å². The summed E-state index contributed by atoms with van der Waals surface area (Å²) >= 11 is 11.8. The lowest BCUT2D eigenvalue weighted by atomic mass is 9.95. The summed E-state index contributed by atoms with van der Waals surface area (Å²) in [6.45, 7) is 0. The average molecular weight is 295 g/mol. The van der Waals surface area contributed by atoms with Gasteiger partial charge in [-0.1, -0.05) is 35.3 Å². The van der Waals surface area contributed by atoms with Crippen LogP contribution in [-0.2, 0) is 0 Å². The quantitative estimate of drug-likeness (QED) is 0.836. The Hall–Kier alpha value is -1.22. The van der Waals surface area contributed by atoms with Crippen molar-refractivity contribution in [3.05, 3.63) is 63.6 Å². The smallest absolute Gasteiger partial charge is 0.127 e. The maximum absolute atomic E-state index is 10.2. The van der Waals surface area contributed by atoms with Crippen LogP contribution in [0, 0.1) is 0 Å². The van der Waals surface area contributed by atoms with Crippen molar-refractivity contribution in [1.82, 2.24) is 0 Å².